The number of rotatable bonds is 4. The van der Waals surface area contributed by atoms with E-state index in [0.717, 1.165) is 5.03 Å². The summed E-state index contributed by atoms with van der Waals surface area (Å²) in [7, 11) is -1.66. The molecule has 1 aromatic rings. The molecule has 0 fully saturated rings. The number of aliphatic carboxylic acids is 1. The van der Waals surface area contributed by atoms with Gasteiger partial charge in [-0.3, -0.25) is 4.79 Å². The molecule has 0 bridgehead atoms. The van der Waals surface area contributed by atoms with Crippen molar-refractivity contribution < 1.29 is 9.90 Å². The Morgan fingerprint density at radius 1 is 1.50 bits per heavy atom. The lowest BCUT2D eigenvalue weighted by Crippen LogP contribution is -2.02. The van der Waals surface area contributed by atoms with Gasteiger partial charge >= 0.3 is 5.97 Å². The second-order valence-corrected chi connectivity index (χ2v) is 9.45. The highest BCUT2D eigenvalue weighted by molar-refractivity contribution is 9.17. The molecule has 0 radical (unpaired) electrons. The SMILES string of the molecule is O=C(O)CCS(S)(S)c1ccccn1. The van der Waals surface area contributed by atoms with Gasteiger partial charge in [0, 0.05) is 11.9 Å². The molecule has 1 rings (SSSR count). The summed E-state index contributed by atoms with van der Waals surface area (Å²) in [5, 5.41) is 9.31. The molecule has 0 aliphatic carbocycles. The maximum atomic E-state index is 10.4. The lowest BCUT2D eigenvalue weighted by molar-refractivity contribution is -0.136. The molecule has 78 valence electrons. The summed E-state index contributed by atoms with van der Waals surface area (Å²) >= 11 is 8.75. The number of carboxylic acids is 1. The summed E-state index contributed by atoms with van der Waals surface area (Å²) in [6, 6.07) is 5.46. The van der Waals surface area contributed by atoms with Crippen molar-refractivity contribution >= 4 is 37.4 Å². The molecule has 0 atom stereocenters. The maximum Gasteiger partial charge on any atom is 0.304 e. The average molecular weight is 249 g/mol. The topological polar surface area (TPSA) is 50.2 Å². The number of nitrogens with zero attached hydrogens (tertiary/aromatic N) is 1. The Balaban J connectivity index is 2.70. The Kier molecular flexibility index (Phi) is 4.15. The van der Waals surface area contributed by atoms with E-state index in [1.165, 1.54) is 0 Å². The van der Waals surface area contributed by atoms with Crippen molar-refractivity contribution in [2.75, 3.05) is 5.75 Å². The first-order chi connectivity index (χ1) is 6.52. The molecule has 0 aromatic carbocycles. The smallest absolute Gasteiger partial charge is 0.304 e. The molecule has 6 heteroatoms. The van der Waals surface area contributed by atoms with Crippen molar-refractivity contribution in [1.29, 1.82) is 0 Å². The van der Waals surface area contributed by atoms with E-state index >= 15 is 0 Å². The van der Waals surface area contributed by atoms with E-state index < -0.39 is 14.1 Å². The molecule has 14 heavy (non-hydrogen) atoms. The molecular formula is C8H11NO2S3. The molecule has 1 aromatic heterocycles. The Hall–Kier alpha value is -0.330. The molecule has 1 heterocycles. The molecule has 1 N–H and O–H groups in total. The van der Waals surface area contributed by atoms with Crippen molar-refractivity contribution in [3.8, 4) is 0 Å². The Morgan fingerprint density at radius 2 is 2.21 bits per heavy atom. The first kappa shape index (κ1) is 11.7. The zero-order chi connectivity index (χ0) is 10.6. The lowest BCUT2D eigenvalue weighted by atomic mass is 10.5. The van der Waals surface area contributed by atoms with E-state index in [1.54, 1.807) is 12.3 Å². The number of hydrogen-bond donors (Lipinski definition) is 3. The number of carbonyl (C=O) groups is 1. The molecule has 0 aliphatic rings. The fourth-order valence-electron chi connectivity index (χ4n) is 0.875. The van der Waals surface area contributed by atoms with Gasteiger partial charge in [-0.25, -0.2) is 4.98 Å². The molecule has 3 nitrogen and oxygen atoms in total. The van der Waals surface area contributed by atoms with Gasteiger partial charge in [-0.1, -0.05) is 6.07 Å². The summed E-state index contributed by atoms with van der Waals surface area (Å²) in [6.45, 7) is 0. The second kappa shape index (κ2) is 4.95. The Morgan fingerprint density at radius 3 is 2.71 bits per heavy atom. The summed E-state index contributed by atoms with van der Waals surface area (Å²) in [6.07, 6.45) is 1.73. The third kappa shape index (κ3) is 3.43. The fraction of sp³-hybridized carbons (Fsp3) is 0.250. The summed E-state index contributed by atoms with van der Waals surface area (Å²) in [5.74, 6) is -0.410. The first-order valence-electron chi connectivity index (χ1n) is 3.91. The van der Waals surface area contributed by atoms with Crippen LogP contribution in [0.4, 0.5) is 0 Å². The number of aromatic nitrogens is 1. The van der Waals surface area contributed by atoms with Crippen molar-refractivity contribution in [2.45, 2.75) is 11.4 Å². The Labute approximate surface area is 93.9 Å². The van der Waals surface area contributed by atoms with Gasteiger partial charge in [0.1, 0.15) is 0 Å². The van der Waals surface area contributed by atoms with Gasteiger partial charge in [0.05, 0.1) is 11.4 Å². The van der Waals surface area contributed by atoms with Gasteiger partial charge in [0.2, 0.25) is 0 Å². The summed E-state index contributed by atoms with van der Waals surface area (Å²) in [5.41, 5.74) is 0. The predicted octanol–water partition coefficient (Wildman–Crippen LogP) is 2.41. The van der Waals surface area contributed by atoms with Crippen LogP contribution in [-0.4, -0.2) is 21.8 Å². The molecule has 0 aliphatic heterocycles. The van der Waals surface area contributed by atoms with Crippen molar-refractivity contribution in [2.24, 2.45) is 0 Å². The van der Waals surface area contributed by atoms with Crippen molar-refractivity contribution in [3.05, 3.63) is 24.4 Å². The minimum Gasteiger partial charge on any atom is -0.481 e. The minimum atomic E-state index is -1.66. The average Bonchev–Trinajstić information content (AvgIpc) is 2.16. The normalized spacial score (nSPS) is 12.4. The van der Waals surface area contributed by atoms with Gasteiger partial charge in [0.25, 0.3) is 0 Å². The standard InChI is InChI=1S/C8H11NO2S3/c10-8(11)4-6-14(12,13)7-3-1-2-5-9-7/h1-3,5,12-13H,4,6H2,(H,10,11). The maximum absolute atomic E-state index is 10.4. The Bertz CT molecular complexity index is 316. The highest BCUT2D eigenvalue weighted by Gasteiger charge is 2.19. The zero-order valence-electron chi connectivity index (χ0n) is 7.33. The highest BCUT2D eigenvalue weighted by Crippen LogP contribution is 2.63. The first-order valence-corrected chi connectivity index (χ1v) is 7.82. The van der Waals surface area contributed by atoms with E-state index in [0.29, 0.717) is 5.75 Å². The number of pyridine rings is 1. The van der Waals surface area contributed by atoms with Crippen molar-refractivity contribution in [1.82, 2.24) is 4.98 Å². The van der Waals surface area contributed by atoms with Gasteiger partial charge < -0.3 is 5.11 Å². The summed E-state index contributed by atoms with van der Waals surface area (Å²) < 4.78 is 0. The van der Waals surface area contributed by atoms with Crippen LogP contribution in [0.15, 0.2) is 29.4 Å². The van der Waals surface area contributed by atoms with E-state index in [9.17, 15) is 4.79 Å². The van der Waals surface area contributed by atoms with Crippen LogP contribution in [0.3, 0.4) is 0 Å². The third-order valence-corrected chi connectivity index (χ3v) is 5.48. The lowest BCUT2D eigenvalue weighted by Gasteiger charge is -2.26. The number of carboxylic acid groups (broad SMARTS) is 1. The van der Waals surface area contributed by atoms with Crippen LogP contribution in [0.5, 0.6) is 0 Å². The van der Waals surface area contributed by atoms with Gasteiger partial charge in [-0.2, -0.15) is 0 Å². The molecule has 0 saturated carbocycles. The zero-order valence-corrected chi connectivity index (χ0v) is 9.93. The molecule has 0 saturated heterocycles. The van der Waals surface area contributed by atoms with Crippen LogP contribution in [0.25, 0.3) is 0 Å². The van der Waals surface area contributed by atoms with E-state index in [2.05, 4.69) is 28.3 Å². The number of hydrogen-bond acceptors (Lipinski definition) is 4. The minimum absolute atomic E-state index is 0.0684. The van der Waals surface area contributed by atoms with E-state index in [4.69, 9.17) is 5.11 Å². The van der Waals surface area contributed by atoms with Crippen LogP contribution in [0.1, 0.15) is 6.42 Å². The fourth-order valence-corrected chi connectivity index (χ4v) is 3.26. The van der Waals surface area contributed by atoms with Gasteiger partial charge in [0.15, 0.2) is 0 Å². The van der Waals surface area contributed by atoms with Crippen molar-refractivity contribution in [3.63, 3.8) is 0 Å². The van der Waals surface area contributed by atoms with Gasteiger partial charge in [-0.15, -0.1) is 31.4 Å². The second-order valence-electron chi connectivity index (χ2n) is 2.68. The summed E-state index contributed by atoms with van der Waals surface area (Å²) in [4.78, 5) is 14.5. The molecule has 0 amide bonds. The highest BCUT2D eigenvalue weighted by atomic mass is 33.5. The molecular weight excluding hydrogens is 238 g/mol. The van der Waals surface area contributed by atoms with Gasteiger partial charge in [-0.05, 0) is 12.1 Å². The van der Waals surface area contributed by atoms with E-state index in [1.807, 2.05) is 12.1 Å². The van der Waals surface area contributed by atoms with Crippen LogP contribution in [0.2, 0.25) is 0 Å². The molecule has 0 spiro atoms. The van der Waals surface area contributed by atoms with Crippen LogP contribution in [-0.2, 0) is 4.79 Å². The van der Waals surface area contributed by atoms with Crippen LogP contribution >= 0.6 is 31.4 Å². The largest absolute Gasteiger partial charge is 0.481 e. The van der Waals surface area contributed by atoms with Crippen LogP contribution in [0, 0.1) is 0 Å². The third-order valence-electron chi connectivity index (χ3n) is 1.57. The predicted molar refractivity (Wildman–Crippen MR) is 65.2 cm³/mol. The monoisotopic (exact) mass is 249 g/mol. The quantitative estimate of drug-likeness (QED) is 0.567. The van der Waals surface area contributed by atoms with Crippen LogP contribution < -0.4 is 0 Å². The molecule has 0 unspecified atom stereocenters. The number of thiol groups is 2. The van der Waals surface area contributed by atoms with E-state index in [-0.39, 0.29) is 6.42 Å².